The standard InChI is InChI=1S/C21H23F3N2O3/c1-2-29-18-10-4-3-9-17(18)20(28)25-12-6-11-19(27)26-14-15-7-5-8-16(13-15)21(22,23)24/h3-5,7-10,13H,2,6,11-12,14H2,1H3,(H,25,28)(H,26,27). The van der Waals surface area contributed by atoms with Crippen molar-refractivity contribution < 1.29 is 27.5 Å². The van der Waals surface area contributed by atoms with Gasteiger partial charge in [-0.2, -0.15) is 13.2 Å². The smallest absolute Gasteiger partial charge is 0.416 e. The summed E-state index contributed by atoms with van der Waals surface area (Å²) in [5.41, 5.74) is 0.0386. The molecule has 0 fully saturated rings. The number of hydrogen-bond donors (Lipinski definition) is 2. The van der Waals surface area contributed by atoms with Crippen LogP contribution in [-0.2, 0) is 17.5 Å². The Bertz CT molecular complexity index is 838. The van der Waals surface area contributed by atoms with Gasteiger partial charge in [0.2, 0.25) is 5.91 Å². The van der Waals surface area contributed by atoms with E-state index in [0.717, 1.165) is 12.1 Å². The highest BCUT2D eigenvalue weighted by molar-refractivity contribution is 5.96. The van der Waals surface area contributed by atoms with Crippen LogP contribution < -0.4 is 15.4 Å². The first-order valence-electron chi connectivity index (χ1n) is 9.24. The molecule has 29 heavy (non-hydrogen) atoms. The van der Waals surface area contributed by atoms with Gasteiger partial charge in [-0.15, -0.1) is 0 Å². The number of benzene rings is 2. The highest BCUT2D eigenvalue weighted by atomic mass is 19.4. The fourth-order valence-electron chi connectivity index (χ4n) is 2.63. The fourth-order valence-corrected chi connectivity index (χ4v) is 2.63. The van der Waals surface area contributed by atoms with E-state index in [2.05, 4.69) is 10.6 Å². The van der Waals surface area contributed by atoms with Crippen molar-refractivity contribution in [2.75, 3.05) is 13.2 Å². The van der Waals surface area contributed by atoms with Gasteiger partial charge in [-0.25, -0.2) is 0 Å². The minimum atomic E-state index is -4.42. The van der Waals surface area contributed by atoms with Gasteiger partial charge in [0.05, 0.1) is 17.7 Å². The summed E-state index contributed by atoms with van der Waals surface area (Å²) in [7, 11) is 0. The van der Waals surface area contributed by atoms with Crippen molar-refractivity contribution >= 4 is 11.8 Å². The molecule has 0 unspecified atom stereocenters. The number of amides is 2. The molecule has 0 atom stereocenters. The Morgan fingerprint density at radius 3 is 2.52 bits per heavy atom. The lowest BCUT2D eigenvalue weighted by Crippen LogP contribution is -2.27. The van der Waals surface area contributed by atoms with Crippen LogP contribution in [0, 0.1) is 0 Å². The summed E-state index contributed by atoms with van der Waals surface area (Å²) in [4.78, 5) is 24.1. The predicted molar refractivity (Wildman–Crippen MR) is 102 cm³/mol. The Balaban J connectivity index is 1.73. The molecule has 0 radical (unpaired) electrons. The molecule has 2 N–H and O–H groups in total. The Morgan fingerprint density at radius 1 is 1.03 bits per heavy atom. The lowest BCUT2D eigenvalue weighted by Gasteiger charge is -2.11. The normalized spacial score (nSPS) is 11.0. The quantitative estimate of drug-likeness (QED) is 0.618. The highest BCUT2D eigenvalue weighted by Crippen LogP contribution is 2.29. The first-order chi connectivity index (χ1) is 13.8. The maximum atomic E-state index is 12.7. The molecule has 0 aliphatic heterocycles. The minimum absolute atomic E-state index is 0.0108. The summed E-state index contributed by atoms with van der Waals surface area (Å²) in [5, 5.41) is 5.31. The molecule has 2 rings (SSSR count). The third-order valence-corrected chi connectivity index (χ3v) is 4.04. The lowest BCUT2D eigenvalue weighted by molar-refractivity contribution is -0.137. The van der Waals surface area contributed by atoms with Gasteiger partial charge in [0.25, 0.3) is 5.91 Å². The van der Waals surface area contributed by atoms with Gasteiger partial charge in [0.1, 0.15) is 5.75 Å². The average molecular weight is 408 g/mol. The summed E-state index contributed by atoms with van der Waals surface area (Å²) in [6.45, 7) is 2.57. The monoisotopic (exact) mass is 408 g/mol. The molecule has 2 aromatic rings. The van der Waals surface area contributed by atoms with E-state index in [9.17, 15) is 22.8 Å². The number of nitrogens with one attached hydrogen (secondary N) is 2. The van der Waals surface area contributed by atoms with Crippen LogP contribution in [0.1, 0.15) is 41.3 Å². The number of para-hydroxylation sites is 1. The molecule has 0 saturated carbocycles. The number of carbonyl (C=O) groups excluding carboxylic acids is 2. The maximum absolute atomic E-state index is 12.7. The van der Waals surface area contributed by atoms with Crippen LogP contribution in [-0.4, -0.2) is 25.0 Å². The molecule has 0 aliphatic carbocycles. The summed E-state index contributed by atoms with van der Waals surface area (Å²) < 4.78 is 43.5. The molecule has 0 saturated heterocycles. The van der Waals surface area contributed by atoms with Crippen LogP contribution in [0.4, 0.5) is 13.2 Å². The van der Waals surface area contributed by atoms with E-state index >= 15 is 0 Å². The number of alkyl halides is 3. The summed E-state index contributed by atoms with van der Waals surface area (Å²) in [6, 6.07) is 11.7. The van der Waals surface area contributed by atoms with E-state index in [4.69, 9.17) is 4.74 Å². The number of carbonyl (C=O) groups is 2. The molecule has 2 amide bonds. The van der Waals surface area contributed by atoms with Gasteiger partial charge in [-0.05, 0) is 43.2 Å². The molecular formula is C21H23F3N2O3. The number of hydrogen-bond acceptors (Lipinski definition) is 3. The van der Waals surface area contributed by atoms with E-state index in [0.29, 0.717) is 29.9 Å². The zero-order valence-electron chi connectivity index (χ0n) is 16.0. The third-order valence-electron chi connectivity index (χ3n) is 4.04. The van der Waals surface area contributed by atoms with Gasteiger partial charge < -0.3 is 15.4 Å². The van der Waals surface area contributed by atoms with Crippen molar-refractivity contribution in [3.05, 3.63) is 65.2 Å². The molecule has 5 nitrogen and oxygen atoms in total. The van der Waals surface area contributed by atoms with E-state index in [1.165, 1.54) is 12.1 Å². The molecule has 8 heteroatoms. The van der Waals surface area contributed by atoms with Crippen LogP contribution >= 0.6 is 0 Å². The summed E-state index contributed by atoms with van der Waals surface area (Å²) in [5.74, 6) is -0.101. The van der Waals surface area contributed by atoms with E-state index in [-0.39, 0.29) is 31.3 Å². The second-order valence-electron chi connectivity index (χ2n) is 6.26. The molecule has 0 spiro atoms. The molecule has 156 valence electrons. The van der Waals surface area contributed by atoms with E-state index < -0.39 is 11.7 Å². The van der Waals surface area contributed by atoms with Gasteiger partial charge in [-0.1, -0.05) is 24.3 Å². The fraction of sp³-hybridized carbons (Fsp3) is 0.333. The zero-order valence-corrected chi connectivity index (χ0v) is 16.0. The molecule has 0 aromatic heterocycles. The number of halogens is 3. The Hall–Kier alpha value is -3.03. The predicted octanol–water partition coefficient (Wildman–Crippen LogP) is 3.93. The van der Waals surface area contributed by atoms with Crippen molar-refractivity contribution in [1.29, 1.82) is 0 Å². The minimum Gasteiger partial charge on any atom is -0.493 e. The maximum Gasteiger partial charge on any atom is 0.416 e. The Kier molecular flexibility index (Phi) is 8.06. The molecule has 0 aliphatic rings. The zero-order chi connectivity index (χ0) is 21.3. The highest BCUT2D eigenvalue weighted by Gasteiger charge is 2.30. The van der Waals surface area contributed by atoms with Crippen molar-refractivity contribution in [2.24, 2.45) is 0 Å². The van der Waals surface area contributed by atoms with Gasteiger partial charge in [0.15, 0.2) is 0 Å². The van der Waals surface area contributed by atoms with Crippen LogP contribution in [0.25, 0.3) is 0 Å². The van der Waals surface area contributed by atoms with E-state index in [1.807, 2.05) is 6.92 Å². The SMILES string of the molecule is CCOc1ccccc1C(=O)NCCCC(=O)NCc1cccc(C(F)(F)F)c1. The van der Waals surface area contributed by atoms with Crippen LogP contribution in [0.15, 0.2) is 48.5 Å². The molecule has 0 bridgehead atoms. The Labute approximate surface area is 167 Å². The van der Waals surface area contributed by atoms with Crippen molar-refractivity contribution in [3.8, 4) is 5.75 Å². The first kappa shape index (κ1) is 22.3. The summed E-state index contributed by atoms with van der Waals surface area (Å²) >= 11 is 0. The third kappa shape index (κ3) is 7.14. The molecule has 0 heterocycles. The summed E-state index contributed by atoms with van der Waals surface area (Å²) in [6.07, 6.45) is -3.87. The second kappa shape index (κ2) is 10.5. The van der Waals surface area contributed by atoms with Gasteiger partial charge in [-0.3, -0.25) is 9.59 Å². The Morgan fingerprint density at radius 2 is 1.79 bits per heavy atom. The number of rotatable bonds is 9. The number of ether oxygens (including phenoxy) is 1. The largest absolute Gasteiger partial charge is 0.493 e. The molecule has 2 aromatic carbocycles. The molecular weight excluding hydrogens is 385 g/mol. The van der Waals surface area contributed by atoms with Crippen molar-refractivity contribution in [1.82, 2.24) is 10.6 Å². The first-order valence-corrected chi connectivity index (χ1v) is 9.24. The lowest BCUT2D eigenvalue weighted by atomic mass is 10.1. The average Bonchev–Trinajstić information content (AvgIpc) is 2.70. The topological polar surface area (TPSA) is 67.4 Å². The van der Waals surface area contributed by atoms with Crippen molar-refractivity contribution in [2.45, 2.75) is 32.5 Å². The van der Waals surface area contributed by atoms with Gasteiger partial charge >= 0.3 is 6.18 Å². The van der Waals surface area contributed by atoms with Gasteiger partial charge in [0, 0.05) is 19.5 Å². The van der Waals surface area contributed by atoms with Crippen LogP contribution in [0.5, 0.6) is 5.75 Å². The van der Waals surface area contributed by atoms with Crippen LogP contribution in [0.3, 0.4) is 0 Å². The second-order valence-corrected chi connectivity index (χ2v) is 6.26. The van der Waals surface area contributed by atoms with Crippen molar-refractivity contribution in [3.63, 3.8) is 0 Å². The van der Waals surface area contributed by atoms with E-state index in [1.54, 1.807) is 24.3 Å². The van der Waals surface area contributed by atoms with Crippen LogP contribution in [0.2, 0.25) is 0 Å².